The average Bonchev–Trinajstić information content (AvgIpc) is 2.75. The Labute approximate surface area is 191 Å². The van der Waals surface area contributed by atoms with Crippen molar-refractivity contribution in [3.63, 3.8) is 0 Å². The van der Waals surface area contributed by atoms with E-state index in [-0.39, 0.29) is 17.7 Å². The van der Waals surface area contributed by atoms with E-state index < -0.39 is 5.91 Å². The van der Waals surface area contributed by atoms with Gasteiger partial charge in [0.1, 0.15) is 5.56 Å². The van der Waals surface area contributed by atoms with E-state index in [1.54, 1.807) is 55.6 Å². The van der Waals surface area contributed by atoms with Crippen LogP contribution in [0.5, 0.6) is 0 Å². The molecule has 0 atom stereocenters. The minimum Gasteiger partial charge on any atom is -0.436 e. The normalized spacial score (nSPS) is 11.7. The number of aryl methyl sites for hydroxylation is 1. The number of hydrogen-bond donors (Lipinski definition) is 2. The highest BCUT2D eigenvalue weighted by atomic mass is 79.9. The first-order valence-electron chi connectivity index (χ1n) is 9.35. The highest BCUT2D eigenvalue weighted by Gasteiger charge is 2.16. The van der Waals surface area contributed by atoms with Gasteiger partial charge in [0.15, 0.2) is 5.58 Å². The van der Waals surface area contributed by atoms with E-state index in [2.05, 4.69) is 31.2 Å². The Morgan fingerprint density at radius 3 is 2.71 bits per heavy atom. The van der Waals surface area contributed by atoms with E-state index in [1.165, 1.54) is 0 Å². The predicted octanol–water partition coefficient (Wildman–Crippen LogP) is 5.53. The van der Waals surface area contributed by atoms with E-state index in [1.807, 2.05) is 12.1 Å². The fraction of sp³-hybridized carbons (Fsp3) is 0.0870. The molecule has 4 aromatic rings. The molecule has 6 nitrogen and oxygen atoms in total. The summed E-state index contributed by atoms with van der Waals surface area (Å²) in [4.78, 5) is 21.9. The Kier molecular flexibility index (Phi) is 6.18. The molecule has 0 spiro atoms. The molecule has 2 heterocycles. The van der Waals surface area contributed by atoms with Crippen LogP contribution in [0.2, 0.25) is 5.02 Å². The van der Waals surface area contributed by atoms with E-state index >= 15 is 0 Å². The first-order chi connectivity index (χ1) is 14.9. The third-order valence-electron chi connectivity index (χ3n) is 4.61. The first-order valence-corrected chi connectivity index (χ1v) is 10.5. The molecule has 0 bridgehead atoms. The number of halogens is 2. The maximum Gasteiger partial charge on any atom is 0.261 e. The summed E-state index contributed by atoms with van der Waals surface area (Å²) in [5.74, 6) is -0.396. The monoisotopic (exact) mass is 497 g/mol. The van der Waals surface area contributed by atoms with Crippen molar-refractivity contribution in [1.82, 2.24) is 4.98 Å². The molecule has 0 saturated carbocycles. The lowest BCUT2D eigenvalue weighted by Gasteiger charge is -2.10. The van der Waals surface area contributed by atoms with Gasteiger partial charge in [0.05, 0.1) is 18.0 Å². The van der Waals surface area contributed by atoms with Crippen LogP contribution in [-0.4, -0.2) is 16.0 Å². The zero-order chi connectivity index (χ0) is 22.0. The van der Waals surface area contributed by atoms with E-state index in [0.29, 0.717) is 38.6 Å². The van der Waals surface area contributed by atoms with Gasteiger partial charge in [-0.05, 0) is 55.5 Å². The summed E-state index contributed by atoms with van der Waals surface area (Å²) in [7, 11) is 0. The molecule has 2 aromatic heterocycles. The van der Waals surface area contributed by atoms with Crippen LogP contribution < -0.4 is 10.9 Å². The second-order valence-corrected chi connectivity index (χ2v) is 8.14. The van der Waals surface area contributed by atoms with Gasteiger partial charge >= 0.3 is 0 Å². The van der Waals surface area contributed by atoms with Crippen LogP contribution in [0, 0.1) is 6.92 Å². The Morgan fingerprint density at radius 1 is 1.23 bits per heavy atom. The molecule has 156 valence electrons. The Morgan fingerprint density at radius 2 is 2.00 bits per heavy atom. The van der Waals surface area contributed by atoms with Gasteiger partial charge in [0.2, 0.25) is 5.55 Å². The molecule has 4 rings (SSSR count). The van der Waals surface area contributed by atoms with Crippen LogP contribution in [-0.2, 0) is 6.61 Å². The van der Waals surface area contributed by atoms with E-state index in [9.17, 15) is 9.90 Å². The molecule has 0 radical (unpaired) electrons. The molecule has 8 heteroatoms. The van der Waals surface area contributed by atoms with Gasteiger partial charge in [-0.15, -0.1) is 0 Å². The minimum atomic E-state index is -0.396. The lowest BCUT2D eigenvalue weighted by atomic mass is 10.1. The number of carbonyl (C=O) groups is 1. The molecule has 1 amide bonds. The topological polar surface area (TPSA) is 87.7 Å². The summed E-state index contributed by atoms with van der Waals surface area (Å²) >= 11 is 9.46. The number of hydrogen-bond acceptors (Lipinski definition) is 5. The average molecular weight is 499 g/mol. The molecule has 0 saturated heterocycles. The lowest BCUT2D eigenvalue weighted by Crippen LogP contribution is -2.22. The molecular formula is C23H17BrClN3O3. The fourth-order valence-corrected chi connectivity index (χ4v) is 3.50. The second-order valence-electron chi connectivity index (χ2n) is 6.79. The van der Waals surface area contributed by atoms with Gasteiger partial charge in [-0.3, -0.25) is 9.78 Å². The Hall–Kier alpha value is -3.00. The molecule has 0 aliphatic carbocycles. The number of benzene rings is 2. The summed E-state index contributed by atoms with van der Waals surface area (Å²) in [6.45, 7) is 1.55. The molecule has 0 fully saturated rings. The highest BCUT2D eigenvalue weighted by Crippen LogP contribution is 2.23. The molecule has 0 unspecified atom stereocenters. The number of anilines is 1. The molecular weight excluding hydrogens is 482 g/mol. The van der Waals surface area contributed by atoms with Gasteiger partial charge in [-0.25, -0.2) is 4.99 Å². The lowest BCUT2D eigenvalue weighted by molar-refractivity contribution is 0.102. The molecule has 2 aromatic carbocycles. The fourth-order valence-electron chi connectivity index (χ4n) is 3.05. The number of nitrogens with zero attached hydrogens (tertiary/aromatic N) is 2. The van der Waals surface area contributed by atoms with Gasteiger partial charge in [0, 0.05) is 32.3 Å². The van der Waals surface area contributed by atoms with Crippen LogP contribution in [0.4, 0.5) is 11.4 Å². The van der Waals surface area contributed by atoms with Crippen molar-refractivity contribution < 1.29 is 14.3 Å². The van der Waals surface area contributed by atoms with Crippen molar-refractivity contribution in [3.05, 3.63) is 92.7 Å². The summed E-state index contributed by atoms with van der Waals surface area (Å²) in [6, 6.07) is 15.8. The summed E-state index contributed by atoms with van der Waals surface area (Å²) in [5, 5.41) is 13.7. The van der Waals surface area contributed by atoms with Crippen LogP contribution in [0.3, 0.4) is 0 Å². The number of nitrogens with one attached hydrogen (secondary N) is 1. The smallest absolute Gasteiger partial charge is 0.261 e. The number of rotatable bonds is 4. The van der Waals surface area contributed by atoms with Gasteiger partial charge in [0.25, 0.3) is 5.91 Å². The minimum absolute atomic E-state index is 0.115. The van der Waals surface area contributed by atoms with Crippen molar-refractivity contribution >= 4 is 55.8 Å². The predicted molar refractivity (Wildman–Crippen MR) is 123 cm³/mol. The highest BCUT2D eigenvalue weighted by molar-refractivity contribution is 9.10. The van der Waals surface area contributed by atoms with Crippen molar-refractivity contribution in [2.75, 3.05) is 5.32 Å². The summed E-state index contributed by atoms with van der Waals surface area (Å²) in [6.07, 6.45) is 1.57. The number of amides is 1. The van der Waals surface area contributed by atoms with Crippen LogP contribution in [0.1, 0.15) is 21.6 Å². The maximum atomic E-state index is 13.2. The number of aliphatic hydroxyl groups excluding tert-OH is 1. The van der Waals surface area contributed by atoms with Crippen molar-refractivity contribution in [3.8, 4) is 0 Å². The van der Waals surface area contributed by atoms with E-state index in [0.717, 1.165) is 4.47 Å². The largest absolute Gasteiger partial charge is 0.436 e. The van der Waals surface area contributed by atoms with Gasteiger partial charge < -0.3 is 14.8 Å². The summed E-state index contributed by atoms with van der Waals surface area (Å²) < 4.78 is 6.94. The van der Waals surface area contributed by atoms with Crippen LogP contribution in [0.15, 0.2) is 74.7 Å². The molecule has 0 aliphatic heterocycles. The number of aliphatic hydroxyl groups is 1. The number of aromatic nitrogens is 1. The zero-order valence-electron chi connectivity index (χ0n) is 16.4. The Bertz CT molecular complexity index is 1350. The zero-order valence-corrected chi connectivity index (χ0v) is 18.7. The van der Waals surface area contributed by atoms with Crippen molar-refractivity contribution in [2.24, 2.45) is 4.99 Å². The SMILES string of the molecule is Cc1ncc(CO)c2cc(C(=O)Nc3ccc(Br)cc3)c(=Nc3cccc(Cl)c3)oc12. The maximum absolute atomic E-state index is 13.2. The standard InChI is InChI=1S/C23H17BrClN3O3/c1-13-21-19(14(12-29)11-26-13)10-20(22(30)27-17-7-5-15(24)6-8-17)23(31-21)28-18-4-2-3-16(25)9-18/h2-11,29H,12H2,1H3,(H,27,30). The van der Waals surface area contributed by atoms with Gasteiger partial charge in [-0.1, -0.05) is 33.6 Å². The molecule has 0 aliphatic rings. The quantitative estimate of drug-likeness (QED) is 0.387. The van der Waals surface area contributed by atoms with Gasteiger partial charge in [-0.2, -0.15) is 0 Å². The number of pyridine rings is 1. The number of fused-ring (bicyclic) bond motifs is 1. The third-order valence-corrected chi connectivity index (χ3v) is 5.37. The molecule has 2 N–H and O–H groups in total. The number of carbonyl (C=O) groups excluding carboxylic acids is 1. The van der Waals surface area contributed by atoms with Crippen LogP contribution >= 0.6 is 27.5 Å². The summed E-state index contributed by atoms with van der Waals surface area (Å²) in [5.41, 5.74) is 3.12. The van der Waals surface area contributed by atoms with Crippen molar-refractivity contribution in [2.45, 2.75) is 13.5 Å². The second kappa shape index (κ2) is 9.01. The van der Waals surface area contributed by atoms with Crippen LogP contribution in [0.25, 0.3) is 11.0 Å². The Balaban J connectivity index is 1.92. The van der Waals surface area contributed by atoms with Crippen molar-refractivity contribution in [1.29, 1.82) is 0 Å². The molecule has 31 heavy (non-hydrogen) atoms. The first kappa shape index (κ1) is 21.2. The van der Waals surface area contributed by atoms with E-state index in [4.69, 9.17) is 16.0 Å². The third kappa shape index (κ3) is 4.69.